The van der Waals surface area contributed by atoms with E-state index >= 15 is 0 Å². The van der Waals surface area contributed by atoms with Crippen molar-refractivity contribution in [1.82, 2.24) is 4.98 Å². The molecule has 3 rings (SSSR count). The van der Waals surface area contributed by atoms with Crippen LogP contribution in [0, 0.1) is 34.0 Å². The highest BCUT2D eigenvalue weighted by Crippen LogP contribution is 2.37. The summed E-state index contributed by atoms with van der Waals surface area (Å²) in [4.78, 5) is 17.6. The van der Waals surface area contributed by atoms with Gasteiger partial charge in [0.1, 0.15) is 6.07 Å². The standard InChI is InChI=1S/C24H21ClN4O/c1-15(2)22-19-6-4-3-5-18(19)20(12-26)23(29-22)24(13-27,14-28)11-21(30)16-7-9-17(25)10-8-16/h7-10,15H,3-6,11H2,1-2H3. The summed E-state index contributed by atoms with van der Waals surface area (Å²) in [5, 5.41) is 30.5. The van der Waals surface area contributed by atoms with E-state index in [0.29, 0.717) is 17.0 Å². The van der Waals surface area contributed by atoms with Gasteiger partial charge >= 0.3 is 0 Å². The summed E-state index contributed by atoms with van der Waals surface area (Å²) in [7, 11) is 0. The van der Waals surface area contributed by atoms with Crippen LogP contribution in [0.5, 0.6) is 0 Å². The number of fused-ring (bicyclic) bond motifs is 1. The topological polar surface area (TPSA) is 101 Å². The van der Waals surface area contributed by atoms with Gasteiger partial charge in [-0.1, -0.05) is 25.4 Å². The number of Topliss-reactive ketones (excluding diaryl/α,β-unsaturated/α-hetero) is 1. The molecule has 6 heteroatoms. The zero-order valence-electron chi connectivity index (χ0n) is 17.0. The lowest BCUT2D eigenvalue weighted by molar-refractivity contribution is 0.0970. The molecule has 1 aliphatic carbocycles. The number of pyridine rings is 1. The van der Waals surface area contributed by atoms with E-state index in [9.17, 15) is 20.6 Å². The largest absolute Gasteiger partial charge is 0.294 e. The minimum atomic E-state index is -1.84. The van der Waals surface area contributed by atoms with Crippen LogP contribution in [0.4, 0.5) is 0 Å². The average Bonchev–Trinajstić information content (AvgIpc) is 2.76. The third-order valence-electron chi connectivity index (χ3n) is 5.58. The monoisotopic (exact) mass is 416 g/mol. The quantitative estimate of drug-likeness (QED) is 0.626. The van der Waals surface area contributed by atoms with E-state index in [1.807, 2.05) is 26.0 Å². The van der Waals surface area contributed by atoms with Crippen LogP contribution >= 0.6 is 11.6 Å². The highest BCUT2D eigenvalue weighted by atomic mass is 35.5. The second kappa shape index (κ2) is 8.66. The zero-order valence-corrected chi connectivity index (χ0v) is 17.8. The van der Waals surface area contributed by atoms with E-state index < -0.39 is 5.41 Å². The van der Waals surface area contributed by atoms with Gasteiger partial charge in [0.25, 0.3) is 0 Å². The Morgan fingerprint density at radius 1 is 1.10 bits per heavy atom. The predicted molar refractivity (Wildman–Crippen MR) is 113 cm³/mol. The highest BCUT2D eigenvalue weighted by molar-refractivity contribution is 6.30. The summed E-state index contributed by atoms with van der Waals surface area (Å²) in [6.07, 6.45) is 3.14. The van der Waals surface area contributed by atoms with Crippen LogP contribution in [0.1, 0.15) is 77.5 Å². The number of nitriles is 3. The van der Waals surface area contributed by atoms with E-state index in [0.717, 1.165) is 36.1 Å². The number of rotatable bonds is 5. The second-order valence-electron chi connectivity index (χ2n) is 7.89. The Balaban J connectivity index is 2.18. The van der Waals surface area contributed by atoms with Crippen molar-refractivity contribution in [3.05, 3.63) is 62.9 Å². The predicted octanol–water partition coefficient (Wildman–Crippen LogP) is 5.17. The number of nitrogens with zero attached hydrogens (tertiary/aromatic N) is 4. The fourth-order valence-corrected chi connectivity index (χ4v) is 4.16. The van der Waals surface area contributed by atoms with Crippen LogP contribution in [0.2, 0.25) is 5.02 Å². The van der Waals surface area contributed by atoms with Gasteiger partial charge < -0.3 is 0 Å². The average molecular weight is 417 g/mol. The number of carbonyl (C=O) groups excluding carboxylic acids is 1. The summed E-state index contributed by atoms with van der Waals surface area (Å²) < 4.78 is 0. The normalized spacial score (nSPS) is 13.1. The van der Waals surface area contributed by atoms with E-state index in [1.165, 1.54) is 0 Å². The lowest BCUT2D eigenvalue weighted by Crippen LogP contribution is -2.30. The molecule has 0 spiro atoms. The van der Waals surface area contributed by atoms with Crippen LogP contribution in [0.25, 0.3) is 0 Å². The summed E-state index contributed by atoms with van der Waals surface area (Å²) in [6, 6.07) is 12.5. The fraction of sp³-hybridized carbons (Fsp3) is 0.375. The molecular formula is C24H21ClN4O. The Kier molecular flexibility index (Phi) is 6.21. The van der Waals surface area contributed by atoms with Crippen molar-refractivity contribution in [2.75, 3.05) is 0 Å². The van der Waals surface area contributed by atoms with Crippen LogP contribution in [-0.2, 0) is 18.3 Å². The molecule has 1 aromatic carbocycles. The molecule has 5 nitrogen and oxygen atoms in total. The van der Waals surface area contributed by atoms with Gasteiger partial charge in [-0.2, -0.15) is 15.8 Å². The first-order valence-corrected chi connectivity index (χ1v) is 10.3. The van der Waals surface area contributed by atoms with Gasteiger partial charge in [0, 0.05) is 22.7 Å². The van der Waals surface area contributed by atoms with Crippen molar-refractivity contribution in [1.29, 1.82) is 15.8 Å². The van der Waals surface area contributed by atoms with Crippen molar-refractivity contribution in [3.8, 4) is 18.2 Å². The van der Waals surface area contributed by atoms with Crippen LogP contribution in [0.3, 0.4) is 0 Å². The zero-order chi connectivity index (χ0) is 21.9. The van der Waals surface area contributed by atoms with Crippen LogP contribution in [-0.4, -0.2) is 10.8 Å². The molecule has 0 saturated heterocycles. The van der Waals surface area contributed by atoms with Gasteiger partial charge in [-0.15, -0.1) is 0 Å². The van der Waals surface area contributed by atoms with Crippen molar-refractivity contribution >= 4 is 17.4 Å². The molecule has 0 aliphatic heterocycles. The lowest BCUT2D eigenvalue weighted by Gasteiger charge is -2.27. The molecule has 0 N–H and O–H groups in total. The number of aromatic nitrogens is 1. The first-order chi connectivity index (χ1) is 14.4. The van der Waals surface area contributed by atoms with Crippen molar-refractivity contribution in [2.24, 2.45) is 0 Å². The van der Waals surface area contributed by atoms with Crippen molar-refractivity contribution in [3.63, 3.8) is 0 Å². The van der Waals surface area contributed by atoms with Gasteiger partial charge in [-0.05, 0) is 67.0 Å². The molecule has 0 bridgehead atoms. The minimum absolute atomic E-state index is 0.0744. The smallest absolute Gasteiger partial charge is 0.193 e. The molecule has 0 atom stereocenters. The molecule has 0 radical (unpaired) electrons. The Labute approximate surface area is 181 Å². The minimum Gasteiger partial charge on any atom is -0.294 e. The molecule has 150 valence electrons. The fourth-order valence-electron chi connectivity index (χ4n) is 4.03. The van der Waals surface area contributed by atoms with Gasteiger partial charge in [-0.25, -0.2) is 0 Å². The SMILES string of the molecule is CC(C)c1nc(C(C#N)(C#N)CC(=O)c2ccc(Cl)cc2)c(C#N)c2c1CCCC2. The van der Waals surface area contributed by atoms with Gasteiger partial charge in [-0.3, -0.25) is 9.78 Å². The molecule has 0 saturated carbocycles. The van der Waals surface area contributed by atoms with Crippen LogP contribution in [0.15, 0.2) is 24.3 Å². The number of hydrogen-bond acceptors (Lipinski definition) is 5. The van der Waals surface area contributed by atoms with Crippen molar-refractivity contribution in [2.45, 2.75) is 57.3 Å². The Bertz CT molecular complexity index is 1100. The Hall–Kier alpha value is -3.20. The van der Waals surface area contributed by atoms with Gasteiger partial charge in [0.2, 0.25) is 0 Å². The maximum absolute atomic E-state index is 12.9. The highest BCUT2D eigenvalue weighted by Gasteiger charge is 2.41. The Morgan fingerprint density at radius 3 is 2.23 bits per heavy atom. The maximum atomic E-state index is 12.9. The summed E-state index contributed by atoms with van der Waals surface area (Å²) >= 11 is 5.89. The van der Waals surface area contributed by atoms with E-state index in [1.54, 1.807) is 24.3 Å². The summed E-state index contributed by atoms with van der Waals surface area (Å²) in [5.41, 5.74) is 1.67. The molecule has 1 heterocycles. The Morgan fingerprint density at radius 2 is 1.70 bits per heavy atom. The molecule has 1 aromatic heterocycles. The molecule has 0 fully saturated rings. The summed E-state index contributed by atoms with van der Waals surface area (Å²) in [6.45, 7) is 4.01. The van der Waals surface area contributed by atoms with Gasteiger partial charge in [0.15, 0.2) is 11.2 Å². The van der Waals surface area contributed by atoms with E-state index in [2.05, 4.69) is 6.07 Å². The first-order valence-electron chi connectivity index (χ1n) is 9.94. The molecule has 30 heavy (non-hydrogen) atoms. The number of ketones is 1. The van der Waals surface area contributed by atoms with Crippen LogP contribution < -0.4 is 0 Å². The van der Waals surface area contributed by atoms with Gasteiger partial charge in [0.05, 0.1) is 23.4 Å². The summed E-state index contributed by atoms with van der Waals surface area (Å²) in [5.74, 6) is -0.297. The maximum Gasteiger partial charge on any atom is 0.193 e. The number of carbonyl (C=O) groups is 1. The third kappa shape index (κ3) is 3.80. The first kappa shape index (κ1) is 21.5. The molecule has 2 aromatic rings. The number of hydrogen-bond donors (Lipinski definition) is 0. The lowest BCUT2D eigenvalue weighted by atomic mass is 9.75. The number of halogens is 1. The molecular weight excluding hydrogens is 396 g/mol. The second-order valence-corrected chi connectivity index (χ2v) is 8.32. The third-order valence-corrected chi connectivity index (χ3v) is 5.84. The number of benzene rings is 1. The van der Waals surface area contributed by atoms with E-state index in [-0.39, 0.29) is 29.4 Å². The molecule has 0 unspecified atom stereocenters. The molecule has 0 amide bonds. The van der Waals surface area contributed by atoms with Crippen molar-refractivity contribution < 1.29 is 4.79 Å². The van der Waals surface area contributed by atoms with E-state index in [4.69, 9.17) is 16.6 Å². The molecule has 1 aliphatic rings.